The van der Waals surface area contributed by atoms with Gasteiger partial charge >= 0.3 is 0 Å². The molecule has 1 saturated heterocycles. The summed E-state index contributed by atoms with van der Waals surface area (Å²) >= 11 is 0. The topological polar surface area (TPSA) is 89.2 Å². The Balaban J connectivity index is 1.36. The van der Waals surface area contributed by atoms with Crippen LogP contribution in [-0.2, 0) is 17.1 Å². The van der Waals surface area contributed by atoms with Gasteiger partial charge in [0.25, 0.3) is 10.0 Å². The Hall–Kier alpha value is -3.22. The van der Waals surface area contributed by atoms with E-state index in [1.54, 1.807) is 30.1 Å². The average molecular weight is 542 g/mol. The molecule has 200 valence electrons. The van der Waals surface area contributed by atoms with E-state index in [0.717, 1.165) is 34.3 Å². The predicted molar refractivity (Wildman–Crippen MR) is 137 cm³/mol. The fourth-order valence-electron chi connectivity index (χ4n) is 5.58. The smallest absolute Gasteiger partial charge is 0.264 e. The fraction of sp³-hybridized carbons (Fsp3) is 0.423. The molecular weight excluding hydrogens is 512 g/mol. The van der Waals surface area contributed by atoms with Crippen LogP contribution in [-0.4, -0.2) is 74.7 Å². The maximum Gasteiger partial charge on any atom is 0.264 e. The standard InChI is InChI=1S/C26H29F2N7O2S/c1-17-9-24-19(13-30-35(24)22-5-3-20(27)4-6-22)12-23(17)25-16-34(38(36,37)26-14-29-32(2)31-26)8-7-33(25)15-18-10-21(28)11-18/h3-6,9,12-14,18,21,25H,7-8,10-11,15-16H2,1-2H3/t18?,21?,25-/m1/s1. The third-order valence-electron chi connectivity index (χ3n) is 7.69. The van der Waals surface area contributed by atoms with Crippen LogP contribution in [0.4, 0.5) is 8.78 Å². The van der Waals surface area contributed by atoms with Crippen molar-refractivity contribution in [3.05, 3.63) is 65.7 Å². The van der Waals surface area contributed by atoms with Gasteiger partial charge in [0.2, 0.25) is 5.03 Å². The van der Waals surface area contributed by atoms with E-state index in [0.29, 0.717) is 25.9 Å². The Bertz CT molecular complexity index is 1580. The van der Waals surface area contributed by atoms with Crippen molar-refractivity contribution in [2.75, 3.05) is 26.2 Å². The van der Waals surface area contributed by atoms with Crippen LogP contribution in [0.5, 0.6) is 0 Å². The van der Waals surface area contributed by atoms with E-state index in [1.165, 1.54) is 27.4 Å². The molecule has 12 heteroatoms. The van der Waals surface area contributed by atoms with Crippen LogP contribution in [0.1, 0.15) is 30.0 Å². The molecular formula is C26H29F2N7O2S. The highest BCUT2D eigenvalue weighted by atomic mass is 32.2. The number of aryl methyl sites for hydroxylation is 2. The molecule has 0 spiro atoms. The van der Waals surface area contributed by atoms with Gasteiger partial charge in [0.05, 0.1) is 23.6 Å². The maximum atomic E-state index is 13.6. The summed E-state index contributed by atoms with van der Waals surface area (Å²) in [5, 5.41) is 13.3. The molecule has 38 heavy (non-hydrogen) atoms. The molecule has 2 aliphatic rings. The summed E-state index contributed by atoms with van der Waals surface area (Å²) in [6, 6.07) is 10.0. The van der Waals surface area contributed by atoms with Crippen molar-refractivity contribution < 1.29 is 17.2 Å². The lowest BCUT2D eigenvalue weighted by atomic mass is 9.82. The number of halogens is 2. The van der Waals surface area contributed by atoms with Gasteiger partial charge in [-0.1, -0.05) is 0 Å². The summed E-state index contributed by atoms with van der Waals surface area (Å²) in [6.45, 7) is 3.83. The minimum Gasteiger partial charge on any atom is -0.293 e. The minimum absolute atomic E-state index is 0.0702. The predicted octanol–water partition coefficient (Wildman–Crippen LogP) is 3.40. The van der Waals surface area contributed by atoms with E-state index in [9.17, 15) is 17.2 Å². The Labute approximate surface area is 219 Å². The Kier molecular flexibility index (Phi) is 6.28. The Morgan fingerprint density at radius 1 is 1.05 bits per heavy atom. The first-order chi connectivity index (χ1) is 18.2. The molecule has 1 aliphatic carbocycles. The molecule has 0 radical (unpaired) electrons. The molecule has 0 amide bonds. The Morgan fingerprint density at radius 2 is 1.82 bits per heavy atom. The molecule has 0 bridgehead atoms. The van der Waals surface area contributed by atoms with Crippen LogP contribution in [0.3, 0.4) is 0 Å². The van der Waals surface area contributed by atoms with Crippen LogP contribution in [0, 0.1) is 18.7 Å². The van der Waals surface area contributed by atoms with Crippen molar-refractivity contribution in [2.45, 2.75) is 37.0 Å². The van der Waals surface area contributed by atoms with E-state index in [2.05, 4.69) is 26.3 Å². The second-order valence-corrected chi connectivity index (χ2v) is 12.2. The molecule has 1 saturated carbocycles. The van der Waals surface area contributed by atoms with Gasteiger partial charge < -0.3 is 0 Å². The van der Waals surface area contributed by atoms with Crippen molar-refractivity contribution >= 4 is 20.9 Å². The van der Waals surface area contributed by atoms with Crippen molar-refractivity contribution in [1.82, 2.24) is 34.0 Å². The highest BCUT2D eigenvalue weighted by molar-refractivity contribution is 7.89. The van der Waals surface area contributed by atoms with E-state index >= 15 is 0 Å². The first kappa shape index (κ1) is 25.1. The van der Waals surface area contributed by atoms with Gasteiger partial charge in [-0.15, -0.1) is 5.10 Å². The normalized spacial score (nSPS) is 23.1. The van der Waals surface area contributed by atoms with Crippen molar-refractivity contribution in [2.24, 2.45) is 13.0 Å². The lowest BCUT2D eigenvalue weighted by Crippen LogP contribution is -2.52. The molecule has 2 aromatic carbocycles. The van der Waals surface area contributed by atoms with E-state index in [-0.39, 0.29) is 29.3 Å². The number of fused-ring (bicyclic) bond motifs is 1. The molecule has 1 atom stereocenters. The number of sulfonamides is 1. The van der Waals surface area contributed by atoms with E-state index < -0.39 is 16.2 Å². The number of piperazine rings is 1. The van der Waals surface area contributed by atoms with Crippen LogP contribution in [0.2, 0.25) is 0 Å². The third-order valence-corrected chi connectivity index (χ3v) is 9.42. The van der Waals surface area contributed by atoms with Crippen molar-refractivity contribution in [3.8, 4) is 5.69 Å². The van der Waals surface area contributed by atoms with Gasteiger partial charge in [-0.05, 0) is 73.2 Å². The highest BCUT2D eigenvalue weighted by Crippen LogP contribution is 2.37. The molecule has 3 heterocycles. The average Bonchev–Trinajstić information content (AvgIpc) is 3.50. The fourth-order valence-corrected chi connectivity index (χ4v) is 6.91. The number of rotatable bonds is 6. The van der Waals surface area contributed by atoms with Crippen LogP contribution in [0.15, 0.2) is 53.8 Å². The molecule has 4 aromatic rings. The largest absolute Gasteiger partial charge is 0.293 e. The molecule has 2 aromatic heterocycles. The van der Waals surface area contributed by atoms with Crippen LogP contribution in [0.25, 0.3) is 16.6 Å². The number of benzene rings is 2. The second-order valence-electron chi connectivity index (χ2n) is 10.3. The molecule has 6 rings (SSSR count). The van der Waals surface area contributed by atoms with E-state index in [1.807, 2.05) is 13.0 Å². The van der Waals surface area contributed by atoms with Gasteiger partial charge in [-0.2, -0.15) is 19.3 Å². The Morgan fingerprint density at radius 3 is 2.50 bits per heavy atom. The second kappa shape index (κ2) is 9.51. The first-order valence-electron chi connectivity index (χ1n) is 12.7. The summed E-state index contributed by atoms with van der Waals surface area (Å²) in [7, 11) is -2.24. The molecule has 0 N–H and O–H groups in total. The van der Waals surface area contributed by atoms with Crippen molar-refractivity contribution in [1.29, 1.82) is 0 Å². The molecule has 2 fully saturated rings. The molecule has 9 nitrogen and oxygen atoms in total. The zero-order valence-electron chi connectivity index (χ0n) is 21.2. The lowest BCUT2D eigenvalue weighted by Gasteiger charge is -2.44. The van der Waals surface area contributed by atoms with Gasteiger partial charge in [-0.3, -0.25) is 4.90 Å². The summed E-state index contributed by atoms with van der Waals surface area (Å²) < 4.78 is 57.1. The number of nitrogens with zero attached hydrogens (tertiary/aromatic N) is 7. The minimum atomic E-state index is -3.82. The molecule has 0 unspecified atom stereocenters. The zero-order chi connectivity index (χ0) is 26.6. The number of alkyl halides is 1. The number of hydrogen-bond donors (Lipinski definition) is 0. The van der Waals surface area contributed by atoms with Gasteiger partial charge in [0.1, 0.15) is 12.0 Å². The monoisotopic (exact) mass is 541 g/mol. The quantitative estimate of drug-likeness (QED) is 0.372. The first-order valence-corrected chi connectivity index (χ1v) is 14.1. The molecule has 1 aliphatic heterocycles. The van der Waals surface area contributed by atoms with Crippen molar-refractivity contribution in [3.63, 3.8) is 0 Å². The number of aromatic nitrogens is 5. The zero-order valence-corrected chi connectivity index (χ0v) is 22.0. The van der Waals surface area contributed by atoms with Gasteiger partial charge in [-0.25, -0.2) is 21.9 Å². The summed E-state index contributed by atoms with van der Waals surface area (Å²) in [6.07, 6.45) is 3.39. The van der Waals surface area contributed by atoms with Crippen LogP contribution >= 0.6 is 0 Å². The third kappa shape index (κ3) is 4.50. The summed E-state index contributed by atoms with van der Waals surface area (Å²) in [4.78, 5) is 3.53. The van der Waals surface area contributed by atoms with Gasteiger partial charge in [0, 0.05) is 44.7 Å². The van der Waals surface area contributed by atoms with Crippen LogP contribution < -0.4 is 0 Å². The van der Waals surface area contributed by atoms with Gasteiger partial charge in [0.15, 0.2) is 0 Å². The lowest BCUT2D eigenvalue weighted by molar-refractivity contribution is 0.0469. The number of hydrogen-bond acceptors (Lipinski definition) is 6. The highest BCUT2D eigenvalue weighted by Gasteiger charge is 2.39. The summed E-state index contributed by atoms with van der Waals surface area (Å²) in [5.41, 5.74) is 3.63. The maximum absolute atomic E-state index is 13.6. The SMILES string of the molecule is Cc1cc2c(cnn2-c2ccc(F)cc2)cc1[C@H]1CN(S(=O)(=O)c2cnn(C)n2)CCN1CC1CC(F)C1. The van der Waals surface area contributed by atoms with E-state index in [4.69, 9.17) is 0 Å². The summed E-state index contributed by atoms with van der Waals surface area (Å²) in [5.74, 6) is -0.0477.